The van der Waals surface area contributed by atoms with Crippen molar-refractivity contribution >= 4 is 29.1 Å². The largest absolute Gasteiger partial charge is 0.507 e. The van der Waals surface area contributed by atoms with Crippen molar-refractivity contribution in [2.75, 3.05) is 19.8 Å². The molecule has 0 saturated carbocycles. The molecular weight excluding hydrogens is 518 g/mol. The third kappa shape index (κ3) is 6.63. The van der Waals surface area contributed by atoms with Crippen molar-refractivity contribution in [3.63, 3.8) is 0 Å². The van der Waals surface area contributed by atoms with Gasteiger partial charge in [-0.1, -0.05) is 37.4 Å². The minimum atomic E-state index is -0.795. The number of halogens is 1. The van der Waals surface area contributed by atoms with Gasteiger partial charge in [0.2, 0.25) is 0 Å². The summed E-state index contributed by atoms with van der Waals surface area (Å²) >= 11 is 6.03. The second kappa shape index (κ2) is 13.3. The molecule has 1 fully saturated rings. The van der Waals surface area contributed by atoms with Crippen LogP contribution in [0.1, 0.15) is 56.7 Å². The van der Waals surface area contributed by atoms with Gasteiger partial charge in [0, 0.05) is 36.1 Å². The Bertz CT molecular complexity index is 1300. The number of benzene rings is 2. The number of amides is 1. The Balaban J connectivity index is 1.72. The zero-order chi connectivity index (χ0) is 27.8. The van der Waals surface area contributed by atoms with E-state index >= 15 is 0 Å². The van der Waals surface area contributed by atoms with Crippen LogP contribution >= 0.6 is 11.6 Å². The van der Waals surface area contributed by atoms with Crippen molar-refractivity contribution in [1.82, 2.24) is 14.5 Å². The molecule has 2 aromatic carbocycles. The molecule has 4 rings (SSSR count). The Labute approximate surface area is 233 Å². The average Bonchev–Trinajstić information content (AvgIpc) is 3.54. The summed E-state index contributed by atoms with van der Waals surface area (Å²) in [6.07, 6.45) is 8.94. The first-order valence-corrected chi connectivity index (χ1v) is 13.7. The molecule has 1 amide bonds. The van der Waals surface area contributed by atoms with Crippen LogP contribution in [0.25, 0.3) is 5.76 Å². The summed E-state index contributed by atoms with van der Waals surface area (Å²) in [6.45, 7) is 5.94. The van der Waals surface area contributed by atoms with Gasteiger partial charge in [0.05, 0.1) is 31.2 Å². The van der Waals surface area contributed by atoms with E-state index in [2.05, 4.69) is 11.9 Å². The zero-order valence-electron chi connectivity index (χ0n) is 22.3. The molecule has 0 spiro atoms. The first-order valence-electron chi connectivity index (χ1n) is 13.3. The van der Waals surface area contributed by atoms with E-state index in [4.69, 9.17) is 21.1 Å². The Morgan fingerprint density at radius 1 is 1.00 bits per heavy atom. The van der Waals surface area contributed by atoms with Crippen LogP contribution in [0.5, 0.6) is 11.5 Å². The Morgan fingerprint density at radius 2 is 1.79 bits per heavy atom. The van der Waals surface area contributed by atoms with Crippen LogP contribution < -0.4 is 9.47 Å². The highest BCUT2D eigenvalue weighted by Crippen LogP contribution is 2.42. The molecule has 206 valence electrons. The van der Waals surface area contributed by atoms with Crippen molar-refractivity contribution in [2.24, 2.45) is 0 Å². The fourth-order valence-corrected chi connectivity index (χ4v) is 4.81. The third-order valence-electron chi connectivity index (χ3n) is 6.62. The molecule has 1 aliphatic heterocycles. The second-order valence-electron chi connectivity index (χ2n) is 9.35. The Morgan fingerprint density at radius 3 is 2.49 bits per heavy atom. The number of aryl methyl sites for hydroxylation is 1. The summed E-state index contributed by atoms with van der Waals surface area (Å²) in [4.78, 5) is 32.2. The molecule has 1 saturated heterocycles. The van der Waals surface area contributed by atoms with E-state index in [1.807, 2.05) is 23.8 Å². The highest BCUT2D eigenvalue weighted by molar-refractivity contribution is 6.46. The fourth-order valence-electron chi connectivity index (χ4n) is 4.68. The van der Waals surface area contributed by atoms with E-state index in [1.165, 1.54) is 4.90 Å². The van der Waals surface area contributed by atoms with Crippen molar-refractivity contribution < 1.29 is 24.2 Å². The number of rotatable bonds is 13. The van der Waals surface area contributed by atoms with Crippen LogP contribution in [0.2, 0.25) is 5.02 Å². The Hall–Kier alpha value is -3.78. The van der Waals surface area contributed by atoms with Crippen LogP contribution in [0.3, 0.4) is 0 Å². The lowest BCUT2D eigenvalue weighted by molar-refractivity contribution is -0.139. The molecule has 1 atom stereocenters. The van der Waals surface area contributed by atoms with Crippen molar-refractivity contribution in [2.45, 2.75) is 52.1 Å². The number of carbonyl (C=O) groups is 2. The normalized spacial score (nSPS) is 16.6. The highest BCUT2D eigenvalue weighted by Gasteiger charge is 2.46. The number of hydrogen-bond donors (Lipinski definition) is 1. The maximum Gasteiger partial charge on any atom is 0.295 e. The monoisotopic (exact) mass is 551 g/mol. The summed E-state index contributed by atoms with van der Waals surface area (Å²) < 4.78 is 13.8. The molecule has 2 heterocycles. The molecule has 3 aromatic rings. The predicted octanol–water partition coefficient (Wildman–Crippen LogP) is 6.02. The van der Waals surface area contributed by atoms with Crippen LogP contribution in [-0.2, 0) is 16.1 Å². The molecule has 9 heteroatoms. The molecule has 1 aromatic heterocycles. The number of aliphatic hydroxyl groups is 1. The van der Waals surface area contributed by atoms with Crippen molar-refractivity contribution in [1.29, 1.82) is 0 Å². The molecular formula is C30H34ClN3O5. The minimum absolute atomic E-state index is 0.0315. The topological polar surface area (TPSA) is 93.9 Å². The SMILES string of the molecule is CCCCCOc1ccc(C2C(=C(O)c3ccc(Cl)cc3)C(=O)C(=O)N2CCCn2ccnc2)cc1OCC. The second-order valence-corrected chi connectivity index (χ2v) is 9.78. The van der Waals surface area contributed by atoms with Gasteiger partial charge in [0.15, 0.2) is 11.5 Å². The van der Waals surface area contributed by atoms with Gasteiger partial charge in [0.1, 0.15) is 5.76 Å². The maximum absolute atomic E-state index is 13.3. The number of Topliss-reactive ketones (excluding diaryl/α,β-unsaturated/α-hetero) is 1. The third-order valence-corrected chi connectivity index (χ3v) is 6.87. The van der Waals surface area contributed by atoms with Crippen molar-refractivity contribution in [3.8, 4) is 11.5 Å². The molecule has 1 unspecified atom stereocenters. The van der Waals surface area contributed by atoms with E-state index in [1.54, 1.807) is 48.9 Å². The van der Waals surface area contributed by atoms with Gasteiger partial charge >= 0.3 is 0 Å². The lowest BCUT2D eigenvalue weighted by atomic mass is 9.95. The maximum atomic E-state index is 13.3. The Kier molecular flexibility index (Phi) is 9.65. The number of ether oxygens (including phenoxy) is 2. The van der Waals surface area contributed by atoms with E-state index < -0.39 is 17.7 Å². The molecule has 0 radical (unpaired) electrons. The number of aromatic nitrogens is 2. The summed E-state index contributed by atoms with van der Waals surface area (Å²) in [5.74, 6) is -0.495. The van der Waals surface area contributed by atoms with Crippen LogP contribution in [-0.4, -0.2) is 51.0 Å². The smallest absolute Gasteiger partial charge is 0.295 e. The molecule has 8 nitrogen and oxygen atoms in total. The van der Waals surface area contributed by atoms with E-state index in [0.717, 1.165) is 19.3 Å². The van der Waals surface area contributed by atoms with Gasteiger partial charge < -0.3 is 24.0 Å². The lowest BCUT2D eigenvalue weighted by Crippen LogP contribution is -2.31. The van der Waals surface area contributed by atoms with E-state index in [0.29, 0.717) is 60.4 Å². The van der Waals surface area contributed by atoms with E-state index in [-0.39, 0.29) is 11.3 Å². The molecule has 39 heavy (non-hydrogen) atoms. The lowest BCUT2D eigenvalue weighted by Gasteiger charge is -2.26. The van der Waals surface area contributed by atoms with Crippen LogP contribution in [0.4, 0.5) is 0 Å². The van der Waals surface area contributed by atoms with Gasteiger partial charge in [-0.2, -0.15) is 0 Å². The van der Waals surface area contributed by atoms with Gasteiger partial charge in [-0.05, 0) is 61.7 Å². The minimum Gasteiger partial charge on any atom is -0.507 e. The quantitative estimate of drug-likeness (QED) is 0.121. The molecule has 1 N–H and O–H groups in total. The number of imidazole rings is 1. The van der Waals surface area contributed by atoms with Crippen LogP contribution in [0.15, 0.2) is 66.8 Å². The zero-order valence-corrected chi connectivity index (χ0v) is 23.1. The van der Waals surface area contributed by atoms with Gasteiger partial charge in [-0.3, -0.25) is 9.59 Å². The number of ketones is 1. The summed E-state index contributed by atoms with van der Waals surface area (Å²) in [6, 6.07) is 11.1. The molecule has 0 bridgehead atoms. The number of unbranched alkanes of at least 4 members (excludes halogenated alkanes) is 2. The van der Waals surface area contributed by atoms with E-state index in [9.17, 15) is 14.7 Å². The van der Waals surface area contributed by atoms with Crippen LogP contribution in [0, 0.1) is 0 Å². The number of carbonyl (C=O) groups excluding carboxylic acids is 2. The number of nitrogens with zero attached hydrogens (tertiary/aromatic N) is 3. The fraction of sp³-hybridized carbons (Fsp3) is 0.367. The summed E-state index contributed by atoms with van der Waals surface area (Å²) in [5, 5.41) is 11.8. The number of hydrogen-bond acceptors (Lipinski definition) is 6. The van der Waals surface area contributed by atoms with Gasteiger partial charge in [-0.25, -0.2) is 4.98 Å². The van der Waals surface area contributed by atoms with Gasteiger partial charge in [0.25, 0.3) is 11.7 Å². The summed E-state index contributed by atoms with van der Waals surface area (Å²) in [7, 11) is 0. The number of likely N-dealkylation sites (tertiary alicyclic amines) is 1. The summed E-state index contributed by atoms with van der Waals surface area (Å²) in [5.41, 5.74) is 1.09. The first kappa shape index (κ1) is 28.2. The van der Waals surface area contributed by atoms with Crippen molar-refractivity contribution in [3.05, 3.63) is 82.9 Å². The molecule has 1 aliphatic rings. The predicted molar refractivity (Wildman–Crippen MR) is 150 cm³/mol. The van der Waals surface area contributed by atoms with Gasteiger partial charge in [-0.15, -0.1) is 0 Å². The average molecular weight is 552 g/mol. The first-order chi connectivity index (χ1) is 18.9. The molecule has 0 aliphatic carbocycles. The standard InChI is InChI=1S/C30H34ClN3O5/c1-3-5-6-18-39-24-13-10-22(19-25(24)38-4-2)27-26(28(35)21-8-11-23(31)12-9-21)29(36)30(37)34(27)16-7-15-33-17-14-32-20-33/h8-14,17,19-20,27,35H,3-7,15-16,18H2,1-2H3. The highest BCUT2D eigenvalue weighted by atomic mass is 35.5. The number of aliphatic hydroxyl groups excluding tert-OH is 1.